The highest BCUT2D eigenvalue weighted by atomic mass is 19.1. The second kappa shape index (κ2) is 7.52. The van der Waals surface area contributed by atoms with Crippen LogP contribution in [0.15, 0.2) is 24.3 Å². The van der Waals surface area contributed by atoms with Crippen molar-refractivity contribution in [2.45, 2.75) is 32.4 Å². The molecule has 2 rings (SSSR count). The van der Waals surface area contributed by atoms with E-state index in [0.29, 0.717) is 38.7 Å². The van der Waals surface area contributed by atoms with Gasteiger partial charge in [0.1, 0.15) is 11.9 Å². The van der Waals surface area contributed by atoms with Gasteiger partial charge in [0.15, 0.2) is 0 Å². The van der Waals surface area contributed by atoms with E-state index in [-0.39, 0.29) is 17.8 Å². The van der Waals surface area contributed by atoms with Crippen LogP contribution in [-0.4, -0.2) is 43.1 Å². The fourth-order valence-corrected chi connectivity index (χ4v) is 2.38. The predicted octanol–water partition coefficient (Wildman–Crippen LogP) is 2.11. The van der Waals surface area contributed by atoms with Gasteiger partial charge < -0.3 is 15.0 Å². The second-order valence-corrected chi connectivity index (χ2v) is 5.61. The van der Waals surface area contributed by atoms with Gasteiger partial charge in [-0.3, -0.25) is 4.79 Å². The summed E-state index contributed by atoms with van der Waals surface area (Å²) in [4.78, 5) is 14.0. The molecule has 116 valence electrons. The van der Waals surface area contributed by atoms with Crippen LogP contribution >= 0.6 is 0 Å². The van der Waals surface area contributed by atoms with Crippen molar-refractivity contribution in [3.05, 3.63) is 35.6 Å². The average Bonchev–Trinajstić information content (AvgIpc) is 2.47. The minimum atomic E-state index is -0.262. The number of halogens is 1. The highest BCUT2D eigenvalue weighted by Crippen LogP contribution is 2.22. The Morgan fingerprint density at radius 1 is 1.43 bits per heavy atom. The van der Waals surface area contributed by atoms with Crippen molar-refractivity contribution in [1.29, 1.82) is 0 Å². The van der Waals surface area contributed by atoms with Crippen LogP contribution in [0.2, 0.25) is 0 Å². The predicted molar refractivity (Wildman–Crippen MR) is 79.4 cm³/mol. The van der Waals surface area contributed by atoms with Crippen LogP contribution in [0.5, 0.6) is 0 Å². The Hall–Kier alpha value is -1.46. The van der Waals surface area contributed by atoms with Gasteiger partial charge in [-0.25, -0.2) is 4.39 Å². The molecule has 0 aliphatic carbocycles. The molecular weight excluding hydrogens is 271 g/mol. The van der Waals surface area contributed by atoms with Gasteiger partial charge in [0, 0.05) is 25.6 Å². The molecule has 5 heteroatoms. The summed E-state index contributed by atoms with van der Waals surface area (Å²) in [5.41, 5.74) is 0.911. The fourth-order valence-electron chi connectivity index (χ4n) is 2.38. The zero-order valence-electron chi connectivity index (χ0n) is 12.6. The van der Waals surface area contributed by atoms with E-state index in [1.807, 2.05) is 4.90 Å². The summed E-state index contributed by atoms with van der Waals surface area (Å²) < 4.78 is 18.6. The van der Waals surface area contributed by atoms with Crippen molar-refractivity contribution in [3.8, 4) is 0 Å². The van der Waals surface area contributed by atoms with E-state index in [9.17, 15) is 9.18 Å². The summed E-state index contributed by atoms with van der Waals surface area (Å²) in [7, 11) is 0. The van der Waals surface area contributed by atoms with Crippen LogP contribution in [0, 0.1) is 5.82 Å². The lowest BCUT2D eigenvalue weighted by Gasteiger charge is -2.33. The molecule has 1 atom stereocenters. The molecule has 1 amide bonds. The second-order valence-electron chi connectivity index (χ2n) is 5.61. The van der Waals surface area contributed by atoms with E-state index >= 15 is 0 Å². The fraction of sp³-hybridized carbons (Fsp3) is 0.562. The topological polar surface area (TPSA) is 41.6 Å². The number of morpholine rings is 1. The molecule has 1 aromatic carbocycles. The maximum absolute atomic E-state index is 13.0. The summed E-state index contributed by atoms with van der Waals surface area (Å²) in [6.45, 7) is 6.48. The van der Waals surface area contributed by atoms with Gasteiger partial charge in [-0.05, 0) is 17.7 Å². The molecule has 1 unspecified atom stereocenters. The molecule has 1 saturated heterocycles. The summed E-state index contributed by atoms with van der Waals surface area (Å²) in [6.07, 6.45) is 0.329. The molecule has 1 aromatic rings. The number of nitrogens with zero attached hydrogens (tertiary/aromatic N) is 1. The average molecular weight is 294 g/mol. The van der Waals surface area contributed by atoms with E-state index in [0.717, 1.165) is 5.56 Å². The molecule has 0 saturated carbocycles. The van der Waals surface area contributed by atoms with Crippen molar-refractivity contribution in [2.75, 3.05) is 26.2 Å². The smallest absolute Gasteiger partial charge is 0.224 e. The molecule has 0 aromatic heterocycles. The third-order valence-electron chi connectivity index (χ3n) is 3.55. The zero-order chi connectivity index (χ0) is 15.2. The first-order valence-corrected chi connectivity index (χ1v) is 7.44. The zero-order valence-corrected chi connectivity index (χ0v) is 12.6. The van der Waals surface area contributed by atoms with E-state index in [2.05, 4.69) is 19.2 Å². The van der Waals surface area contributed by atoms with E-state index in [1.54, 1.807) is 12.1 Å². The van der Waals surface area contributed by atoms with E-state index in [4.69, 9.17) is 4.74 Å². The largest absolute Gasteiger partial charge is 0.370 e. The molecule has 0 bridgehead atoms. The van der Waals surface area contributed by atoms with Crippen LogP contribution in [0.4, 0.5) is 4.39 Å². The lowest BCUT2D eigenvalue weighted by molar-refractivity contribution is -0.138. The minimum absolute atomic E-state index is 0.138. The van der Waals surface area contributed by atoms with Gasteiger partial charge in [-0.15, -0.1) is 0 Å². The molecule has 21 heavy (non-hydrogen) atoms. The molecule has 0 spiro atoms. The Labute approximate surface area is 125 Å². The monoisotopic (exact) mass is 294 g/mol. The standard InChI is InChI=1S/C16H23FN2O2/c1-12(2)18-8-7-16(20)19-9-10-21-15(11-19)13-3-5-14(17)6-4-13/h3-6,12,15,18H,7-11H2,1-2H3. The Morgan fingerprint density at radius 3 is 2.81 bits per heavy atom. The Morgan fingerprint density at radius 2 is 2.14 bits per heavy atom. The van der Waals surface area contributed by atoms with Gasteiger partial charge in [-0.1, -0.05) is 26.0 Å². The van der Waals surface area contributed by atoms with Crippen molar-refractivity contribution in [3.63, 3.8) is 0 Å². The number of rotatable bonds is 5. The number of amides is 1. The number of ether oxygens (including phenoxy) is 1. The third-order valence-corrected chi connectivity index (χ3v) is 3.55. The Bertz CT molecular complexity index is 462. The van der Waals surface area contributed by atoms with Crippen molar-refractivity contribution >= 4 is 5.91 Å². The highest BCUT2D eigenvalue weighted by Gasteiger charge is 2.25. The van der Waals surface area contributed by atoms with Crippen LogP contribution < -0.4 is 5.32 Å². The van der Waals surface area contributed by atoms with Gasteiger partial charge >= 0.3 is 0 Å². The van der Waals surface area contributed by atoms with Crippen LogP contribution in [0.1, 0.15) is 31.9 Å². The summed E-state index contributed by atoms with van der Waals surface area (Å²) in [6, 6.07) is 6.66. The Balaban J connectivity index is 1.88. The number of benzene rings is 1. The molecule has 1 N–H and O–H groups in total. The van der Waals surface area contributed by atoms with Crippen molar-refractivity contribution < 1.29 is 13.9 Å². The quantitative estimate of drug-likeness (QED) is 0.904. The number of carbonyl (C=O) groups is 1. The Kier molecular flexibility index (Phi) is 5.70. The van der Waals surface area contributed by atoms with Gasteiger partial charge in [0.25, 0.3) is 0 Å². The normalized spacial score (nSPS) is 19.0. The molecule has 1 aliphatic rings. The highest BCUT2D eigenvalue weighted by molar-refractivity contribution is 5.76. The first-order valence-electron chi connectivity index (χ1n) is 7.44. The van der Waals surface area contributed by atoms with Crippen molar-refractivity contribution in [1.82, 2.24) is 10.2 Å². The van der Waals surface area contributed by atoms with E-state index in [1.165, 1.54) is 12.1 Å². The van der Waals surface area contributed by atoms with Gasteiger partial charge in [0.2, 0.25) is 5.91 Å². The van der Waals surface area contributed by atoms with Crippen LogP contribution in [0.3, 0.4) is 0 Å². The molecular formula is C16H23FN2O2. The molecule has 1 aliphatic heterocycles. The first kappa shape index (κ1) is 15.9. The number of nitrogens with one attached hydrogen (secondary N) is 1. The van der Waals surface area contributed by atoms with Gasteiger partial charge in [-0.2, -0.15) is 0 Å². The third kappa shape index (κ3) is 4.79. The SMILES string of the molecule is CC(C)NCCC(=O)N1CCOC(c2ccc(F)cc2)C1. The number of hydrogen-bond donors (Lipinski definition) is 1. The first-order chi connectivity index (χ1) is 10.1. The minimum Gasteiger partial charge on any atom is -0.370 e. The van der Waals surface area contributed by atoms with Crippen LogP contribution in [0.25, 0.3) is 0 Å². The number of carbonyl (C=O) groups excluding carboxylic acids is 1. The van der Waals surface area contributed by atoms with Crippen LogP contribution in [-0.2, 0) is 9.53 Å². The molecule has 0 radical (unpaired) electrons. The maximum Gasteiger partial charge on any atom is 0.224 e. The molecule has 1 heterocycles. The summed E-state index contributed by atoms with van der Waals surface area (Å²) in [5.74, 6) is -0.124. The summed E-state index contributed by atoms with van der Waals surface area (Å²) >= 11 is 0. The molecule has 1 fully saturated rings. The van der Waals surface area contributed by atoms with E-state index < -0.39 is 0 Å². The molecule has 4 nitrogen and oxygen atoms in total. The summed E-state index contributed by atoms with van der Waals surface area (Å²) in [5, 5.41) is 3.24. The van der Waals surface area contributed by atoms with Gasteiger partial charge in [0.05, 0.1) is 13.2 Å². The maximum atomic E-state index is 13.0. The lowest BCUT2D eigenvalue weighted by Crippen LogP contribution is -2.43. The number of hydrogen-bond acceptors (Lipinski definition) is 3. The van der Waals surface area contributed by atoms with Crippen molar-refractivity contribution in [2.24, 2.45) is 0 Å². The lowest BCUT2D eigenvalue weighted by atomic mass is 10.1.